The van der Waals surface area contributed by atoms with Gasteiger partial charge in [0.05, 0.1) is 0 Å². The minimum atomic E-state index is -2.41. The van der Waals surface area contributed by atoms with Crippen LogP contribution in [0, 0.1) is 0 Å². The monoisotopic (exact) mass is 302 g/mol. The first-order chi connectivity index (χ1) is 12.3. The first-order valence-corrected chi connectivity index (χ1v) is 7.57. The van der Waals surface area contributed by atoms with E-state index in [-0.39, 0.29) is 6.54 Å². The molecule has 1 N–H and O–H groups in total. The molecule has 1 unspecified atom stereocenters. The average Bonchev–Trinajstić information content (AvgIpc) is 3.11. The third-order valence-corrected chi connectivity index (χ3v) is 4.09. The smallest absolute Gasteiger partial charge is 0.134 e. The molecule has 0 bridgehead atoms. The van der Waals surface area contributed by atoms with Crippen LogP contribution in [-0.2, 0) is 0 Å². The van der Waals surface area contributed by atoms with Gasteiger partial charge in [-0.15, -0.1) is 11.3 Å². The maximum absolute atomic E-state index is 8.43. The minimum absolute atomic E-state index is 0.350. The average molecular weight is 302 g/mol. The Morgan fingerprint density at radius 3 is 2.95 bits per heavy atom. The molecule has 0 radical (unpaired) electrons. The highest BCUT2D eigenvalue weighted by Crippen LogP contribution is 2.32. The van der Waals surface area contributed by atoms with Crippen molar-refractivity contribution < 1.29 is 11.6 Å². The number of benzene rings is 2. The third kappa shape index (κ3) is 3.26. The van der Waals surface area contributed by atoms with Crippen molar-refractivity contribution in [2.75, 3.05) is 13.5 Å². The Kier molecular flexibility index (Phi) is 2.96. The summed E-state index contributed by atoms with van der Waals surface area (Å²) in [5.74, 6) is 0.569. The van der Waals surface area contributed by atoms with Crippen LogP contribution in [0.4, 0.5) is 0 Å². The molecule has 3 heteroatoms. The van der Waals surface area contributed by atoms with Crippen LogP contribution in [0.1, 0.15) is 24.2 Å². The number of hydrogen-bond donors (Lipinski definition) is 1. The third-order valence-electron chi connectivity index (χ3n) is 3.17. The van der Waals surface area contributed by atoms with Crippen molar-refractivity contribution in [2.24, 2.45) is 0 Å². The van der Waals surface area contributed by atoms with E-state index in [9.17, 15) is 0 Å². The van der Waals surface area contributed by atoms with Crippen LogP contribution in [0.15, 0.2) is 60.0 Å². The van der Waals surface area contributed by atoms with Crippen molar-refractivity contribution in [3.63, 3.8) is 0 Å². The van der Waals surface area contributed by atoms with Crippen molar-refractivity contribution in [2.45, 2.75) is 12.5 Å². The second kappa shape index (κ2) is 6.74. The Morgan fingerprint density at radius 2 is 2.10 bits per heavy atom. The topological polar surface area (TPSA) is 21.3 Å². The zero-order chi connectivity index (χ0) is 18.8. The number of hydrogen-bond acceptors (Lipinski definition) is 3. The molecule has 3 rings (SSSR count). The minimum Gasteiger partial charge on any atom is -0.484 e. The first kappa shape index (κ1) is 9.23. The van der Waals surface area contributed by atoms with E-state index in [0.29, 0.717) is 10.6 Å². The quantitative estimate of drug-likeness (QED) is 0.716. The normalized spacial score (nSPS) is 17.2. The summed E-state index contributed by atoms with van der Waals surface area (Å²) in [6.07, 6.45) is -2.85. The van der Waals surface area contributed by atoms with Crippen LogP contribution in [0.2, 0.25) is 0 Å². The van der Waals surface area contributed by atoms with E-state index in [0.717, 1.165) is 10.8 Å². The molecule has 21 heavy (non-hydrogen) atoms. The van der Waals surface area contributed by atoms with Crippen LogP contribution < -0.4 is 10.1 Å². The van der Waals surface area contributed by atoms with Crippen molar-refractivity contribution in [1.82, 2.24) is 5.32 Å². The van der Waals surface area contributed by atoms with Crippen LogP contribution >= 0.6 is 11.3 Å². The van der Waals surface area contributed by atoms with Crippen LogP contribution in [0.5, 0.6) is 5.75 Å². The van der Waals surface area contributed by atoms with E-state index < -0.39 is 19.5 Å². The lowest BCUT2D eigenvalue weighted by molar-refractivity contribution is 0.201. The Bertz CT molecular complexity index is 858. The summed E-state index contributed by atoms with van der Waals surface area (Å²) in [6.45, 7) is -2.76. The van der Waals surface area contributed by atoms with Gasteiger partial charge in [0, 0.05) is 23.5 Å². The van der Waals surface area contributed by atoms with E-state index in [4.69, 9.17) is 11.6 Å². The molecule has 0 amide bonds. The Labute approximate surface area is 136 Å². The molecule has 0 fully saturated rings. The van der Waals surface area contributed by atoms with Gasteiger partial charge in [0.1, 0.15) is 11.9 Å². The van der Waals surface area contributed by atoms with Crippen LogP contribution in [0.25, 0.3) is 10.8 Å². The van der Waals surface area contributed by atoms with E-state index in [2.05, 4.69) is 5.32 Å². The van der Waals surface area contributed by atoms with Gasteiger partial charge in [-0.1, -0.05) is 42.5 Å². The van der Waals surface area contributed by atoms with Crippen molar-refractivity contribution in [3.05, 3.63) is 64.9 Å². The van der Waals surface area contributed by atoms with E-state index >= 15 is 0 Å². The number of ether oxygens (including phenoxy) is 1. The van der Waals surface area contributed by atoms with Crippen LogP contribution in [0.3, 0.4) is 0 Å². The maximum atomic E-state index is 8.43. The number of fused-ring (bicyclic) bond motifs is 1. The summed E-state index contributed by atoms with van der Waals surface area (Å²) in [7, 11) is 0. The standard InChI is InChI=1S/C18H19NOS/c1-19-12-11-17(18-10-5-13-21-18)20-16-9-4-7-14-6-2-3-8-15(14)16/h2-10,13,17,19H,11-12H2,1H3/i1D3,11D2. The zero-order valence-corrected chi connectivity index (χ0v) is 12.2. The highest BCUT2D eigenvalue weighted by molar-refractivity contribution is 7.10. The van der Waals surface area contributed by atoms with E-state index in [1.165, 1.54) is 11.3 Å². The van der Waals surface area contributed by atoms with E-state index in [1.807, 2.05) is 47.8 Å². The zero-order valence-electron chi connectivity index (χ0n) is 16.4. The number of nitrogens with one attached hydrogen (secondary N) is 1. The lowest BCUT2D eigenvalue weighted by Gasteiger charge is -2.19. The second-order valence-corrected chi connectivity index (χ2v) is 5.53. The molecule has 0 spiro atoms. The molecule has 3 aromatic rings. The molecule has 0 saturated carbocycles. The summed E-state index contributed by atoms with van der Waals surface area (Å²) in [4.78, 5) is 0.704. The van der Waals surface area contributed by atoms with Crippen molar-refractivity contribution in [3.8, 4) is 5.75 Å². The summed E-state index contributed by atoms with van der Waals surface area (Å²) in [6, 6.07) is 17.0. The van der Waals surface area contributed by atoms with Crippen LogP contribution in [-0.4, -0.2) is 13.5 Å². The van der Waals surface area contributed by atoms with Crippen molar-refractivity contribution >= 4 is 22.1 Å². The molecule has 2 aromatic carbocycles. The Balaban J connectivity index is 1.94. The lowest BCUT2D eigenvalue weighted by Crippen LogP contribution is -2.15. The van der Waals surface area contributed by atoms with Gasteiger partial charge in [-0.05, 0) is 36.4 Å². The predicted molar refractivity (Wildman–Crippen MR) is 90.2 cm³/mol. The molecular formula is C18H19NOS. The van der Waals surface area contributed by atoms with Gasteiger partial charge >= 0.3 is 0 Å². The fourth-order valence-electron chi connectivity index (χ4n) is 2.21. The SMILES string of the molecule is [2H]C([2H])([2H])NCC([2H])([2H])C(Oc1cccc2ccccc12)c1cccs1. The fourth-order valence-corrected chi connectivity index (χ4v) is 2.94. The largest absolute Gasteiger partial charge is 0.484 e. The van der Waals surface area contributed by atoms with Gasteiger partial charge in [0.15, 0.2) is 0 Å². The lowest BCUT2D eigenvalue weighted by atomic mass is 10.1. The first-order valence-electron chi connectivity index (χ1n) is 9.19. The number of rotatable bonds is 6. The van der Waals surface area contributed by atoms with Gasteiger partial charge in [-0.25, -0.2) is 0 Å². The molecule has 108 valence electrons. The second-order valence-electron chi connectivity index (χ2n) is 4.55. The summed E-state index contributed by atoms with van der Waals surface area (Å²) in [5.41, 5.74) is 0. The van der Waals surface area contributed by atoms with Gasteiger partial charge < -0.3 is 10.1 Å². The fraction of sp³-hybridized carbons (Fsp3) is 0.222. The molecule has 1 aromatic heterocycles. The van der Waals surface area contributed by atoms with Gasteiger partial charge in [-0.3, -0.25) is 0 Å². The predicted octanol–water partition coefficient (Wildman–Crippen LogP) is 4.63. The number of thiophene rings is 1. The molecule has 2 nitrogen and oxygen atoms in total. The summed E-state index contributed by atoms with van der Waals surface area (Å²) >= 11 is 1.38. The summed E-state index contributed by atoms with van der Waals surface area (Å²) < 4.78 is 44.8. The Morgan fingerprint density at radius 1 is 1.19 bits per heavy atom. The highest BCUT2D eigenvalue weighted by Gasteiger charge is 2.15. The molecular weight excluding hydrogens is 278 g/mol. The molecule has 0 aliphatic carbocycles. The molecule has 0 aliphatic heterocycles. The summed E-state index contributed by atoms with van der Waals surface area (Å²) in [5, 5.41) is 6.01. The van der Waals surface area contributed by atoms with Gasteiger partial charge in [0.25, 0.3) is 0 Å². The highest BCUT2D eigenvalue weighted by atomic mass is 32.1. The molecule has 1 heterocycles. The molecule has 0 aliphatic rings. The molecule has 1 atom stereocenters. The van der Waals surface area contributed by atoms with E-state index in [1.54, 1.807) is 12.1 Å². The van der Waals surface area contributed by atoms with Gasteiger partial charge in [0.2, 0.25) is 0 Å². The maximum Gasteiger partial charge on any atom is 0.134 e. The van der Waals surface area contributed by atoms with Gasteiger partial charge in [-0.2, -0.15) is 0 Å². The van der Waals surface area contributed by atoms with Crippen molar-refractivity contribution in [1.29, 1.82) is 0 Å². The Hall–Kier alpha value is -1.84. The molecule has 0 saturated heterocycles.